The van der Waals surface area contributed by atoms with Gasteiger partial charge in [0.25, 0.3) is 0 Å². The van der Waals surface area contributed by atoms with Crippen LogP contribution < -0.4 is 4.74 Å². The van der Waals surface area contributed by atoms with Crippen molar-refractivity contribution in [2.45, 2.75) is 6.61 Å². The third kappa shape index (κ3) is 4.23. The fourth-order valence-corrected chi connectivity index (χ4v) is 3.76. The average Bonchev–Trinajstić information content (AvgIpc) is 3.16. The van der Waals surface area contributed by atoms with E-state index < -0.39 is 0 Å². The molecule has 28 heavy (non-hydrogen) atoms. The lowest BCUT2D eigenvalue weighted by Gasteiger charge is -2.06. The minimum absolute atomic E-state index is 0.474. The van der Waals surface area contributed by atoms with Crippen LogP contribution in [0, 0.1) is 11.3 Å². The SMILES string of the molecule is N#C/C(=C/c1ccc(OCc2ccc(Cl)cc2)cc1)c1nc2ccccc2s1. The highest BCUT2D eigenvalue weighted by Crippen LogP contribution is 2.28. The molecule has 0 N–H and O–H groups in total. The third-order valence-electron chi connectivity index (χ3n) is 4.15. The Hall–Kier alpha value is -3.13. The van der Waals surface area contributed by atoms with Gasteiger partial charge in [-0.1, -0.05) is 48.0 Å². The number of allylic oxidation sites excluding steroid dienone is 1. The van der Waals surface area contributed by atoms with Crippen LogP contribution in [0.5, 0.6) is 5.75 Å². The summed E-state index contributed by atoms with van der Waals surface area (Å²) in [6.45, 7) is 0.474. The molecule has 0 unspecified atom stereocenters. The number of ether oxygens (including phenoxy) is 1. The second kappa shape index (κ2) is 8.26. The van der Waals surface area contributed by atoms with Crippen molar-refractivity contribution in [2.24, 2.45) is 0 Å². The summed E-state index contributed by atoms with van der Waals surface area (Å²) in [7, 11) is 0. The van der Waals surface area contributed by atoms with Crippen LogP contribution in [0.2, 0.25) is 5.02 Å². The Morgan fingerprint density at radius 2 is 1.79 bits per heavy atom. The molecule has 0 aliphatic heterocycles. The van der Waals surface area contributed by atoms with Crippen molar-refractivity contribution in [2.75, 3.05) is 0 Å². The van der Waals surface area contributed by atoms with E-state index >= 15 is 0 Å². The summed E-state index contributed by atoms with van der Waals surface area (Å²) in [5, 5.41) is 11.0. The normalized spacial score (nSPS) is 11.4. The van der Waals surface area contributed by atoms with Crippen LogP contribution in [0.1, 0.15) is 16.1 Å². The summed E-state index contributed by atoms with van der Waals surface area (Å²) in [5.74, 6) is 0.769. The molecule has 0 spiro atoms. The fourth-order valence-electron chi connectivity index (χ4n) is 2.70. The predicted molar refractivity (Wildman–Crippen MR) is 115 cm³/mol. The lowest BCUT2D eigenvalue weighted by molar-refractivity contribution is 0.306. The molecule has 0 fully saturated rings. The monoisotopic (exact) mass is 402 g/mol. The van der Waals surface area contributed by atoms with Gasteiger partial charge in [-0.15, -0.1) is 11.3 Å². The summed E-state index contributed by atoms with van der Waals surface area (Å²) in [6.07, 6.45) is 1.85. The van der Waals surface area contributed by atoms with Crippen LogP contribution in [0.4, 0.5) is 0 Å². The summed E-state index contributed by atoms with van der Waals surface area (Å²) < 4.78 is 6.88. The number of hydrogen-bond donors (Lipinski definition) is 0. The Morgan fingerprint density at radius 1 is 1.04 bits per heavy atom. The van der Waals surface area contributed by atoms with Crippen LogP contribution in [-0.4, -0.2) is 4.98 Å². The van der Waals surface area contributed by atoms with E-state index in [2.05, 4.69) is 11.1 Å². The molecule has 0 aliphatic carbocycles. The van der Waals surface area contributed by atoms with E-state index in [1.807, 2.05) is 78.9 Å². The minimum atomic E-state index is 0.474. The van der Waals surface area contributed by atoms with Gasteiger partial charge in [-0.25, -0.2) is 4.98 Å². The Morgan fingerprint density at radius 3 is 2.50 bits per heavy atom. The first-order valence-corrected chi connectivity index (χ1v) is 9.86. The molecule has 0 saturated carbocycles. The van der Waals surface area contributed by atoms with E-state index in [0.29, 0.717) is 17.2 Å². The minimum Gasteiger partial charge on any atom is -0.489 e. The molecule has 0 radical (unpaired) electrons. The number of para-hydroxylation sites is 1. The van der Waals surface area contributed by atoms with E-state index in [1.54, 1.807) is 0 Å². The molecule has 0 atom stereocenters. The van der Waals surface area contributed by atoms with Gasteiger partial charge in [0, 0.05) is 5.02 Å². The van der Waals surface area contributed by atoms with E-state index in [0.717, 1.165) is 32.1 Å². The molecular weight excluding hydrogens is 388 g/mol. The maximum atomic E-state index is 9.56. The van der Waals surface area contributed by atoms with E-state index in [-0.39, 0.29) is 0 Å². The van der Waals surface area contributed by atoms with E-state index in [1.165, 1.54) is 11.3 Å². The molecule has 3 nitrogen and oxygen atoms in total. The number of nitriles is 1. The van der Waals surface area contributed by atoms with Crippen LogP contribution >= 0.6 is 22.9 Å². The van der Waals surface area contributed by atoms with Gasteiger partial charge < -0.3 is 4.74 Å². The molecule has 0 amide bonds. The maximum absolute atomic E-state index is 9.56. The van der Waals surface area contributed by atoms with Crippen molar-refractivity contribution >= 4 is 44.8 Å². The number of rotatable bonds is 5. The summed E-state index contributed by atoms with van der Waals surface area (Å²) >= 11 is 7.42. The summed E-state index contributed by atoms with van der Waals surface area (Å²) in [4.78, 5) is 4.56. The topological polar surface area (TPSA) is 45.9 Å². The van der Waals surface area contributed by atoms with Gasteiger partial charge in [0.2, 0.25) is 0 Å². The lowest BCUT2D eigenvalue weighted by atomic mass is 10.1. The van der Waals surface area contributed by atoms with Gasteiger partial charge >= 0.3 is 0 Å². The second-order valence-electron chi connectivity index (χ2n) is 6.14. The van der Waals surface area contributed by atoms with E-state index in [9.17, 15) is 5.26 Å². The molecular formula is C23H15ClN2OS. The molecule has 0 aliphatic rings. The van der Waals surface area contributed by atoms with Crippen molar-refractivity contribution in [3.05, 3.63) is 94.0 Å². The highest BCUT2D eigenvalue weighted by Gasteiger charge is 2.08. The van der Waals surface area contributed by atoms with Crippen molar-refractivity contribution in [1.29, 1.82) is 5.26 Å². The zero-order valence-electron chi connectivity index (χ0n) is 14.8. The molecule has 1 heterocycles. The van der Waals surface area contributed by atoms with Crippen LogP contribution in [-0.2, 0) is 6.61 Å². The Kier molecular flexibility index (Phi) is 5.38. The Labute approximate surface area is 172 Å². The zero-order chi connectivity index (χ0) is 19.3. The Balaban J connectivity index is 1.49. The number of hydrogen-bond acceptors (Lipinski definition) is 4. The van der Waals surface area contributed by atoms with Crippen LogP contribution in [0.3, 0.4) is 0 Å². The van der Waals surface area contributed by atoms with Gasteiger partial charge in [0.15, 0.2) is 0 Å². The van der Waals surface area contributed by atoms with Gasteiger partial charge in [0.1, 0.15) is 23.4 Å². The second-order valence-corrected chi connectivity index (χ2v) is 7.61. The fraction of sp³-hybridized carbons (Fsp3) is 0.0435. The van der Waals surface area contributed by atoms with E-state index in [4.69, 9.17) is 16.3 Å². The standard InChI is InChI=1S/C23H15ClN2OS/c24-19-9-5-17(6-10-19)15-27-20-11-7-16(8-12-20)13-18(14-25)23-26-21-3-1-2-4-22(21)28-23/h1-13H,15H2/b18-13-. The number of fused-ring (bicyclic) bond motifs is 1. The van der Waals surface area contributed by atoms with Gasteiger partial charge in [-0.3, -0.25) is 0 Å². The molecule has 136 valence electrons. The largest absolute Gasteiger partial charge is 0.489 e. The number of nitrogens with zero attached hydrogens (tertiary/aromatic N) is 2. The highest BCUT2D eigenvalue weighted by atomic mass is 35.5. The smallest absolute Gasteiger partial charge is 0.135 e. The molecule has 4 rings (SSSR count). The molecule has 4 aromatic rings. The number of halogens is 1. The highest BCUT2D eigenvalue weighted by molar-refractivity contribution is 7.19. The summed E-state index contributed by atoms with van der Waals surface area (Å²) in [6, 6.07) is 25.4. The van der Waals surface area contributed by atoms with Gasteiger partial charge in [-0.05, 0) is 53.6 Å². The van der Waals surface area contributed by atoms with Crippen LogP contribution in [0.15, 0.2) is 72.8 Å². The first kappa shape index (κ1) is 18.2. The molecule has 5 heteroatoms. The van der Waals surface area contributed by atoms with Crippen LogP contribution in [0.25, 0.3) is 21.9 Å². The van der Waals surface area contributed by atoms with Crippen molar-refractivity contribution in [3.63, 3.8) is 0 Å². The van der Waals surface area contributed by atoms with Crippen molar-refractivity contribution in [1.82, 2.24) is 4.98 Å². The quantitative estimate of drug-likeness (QED) is 0.353. The first-order valence-electron chi connectivity index (χ1n) is 8.66. The third-order valence-corrected chi connectivity index (χ3v) is 5.48. The molecule has 1 aromatic heterocycles. The number of benzene rings is 3. The van der Waals surface area contributed by atoms with Crippen molar-refractivity contribution < 1.29 is 4.74 Å². The van der Waals surface area contributed by atoms with Gasteiger partial charge in [0.05, 0.1) is 15.8 Å². The van der Waals surface area contributed by atoms with Gasteiger partial charge in [-0.2, -0.15) is 5.26 Å². The van der Waals surface area contributed by atoms with Crippen molar-refractivity contribution in [3.8, 4) is 11.8 Å². The molecule has 3 aromatic carbocycles. The first-order chi connectivity index (χ1) is 13.7. The number of thiazole rings is 1. The predicted octanol–water partition coefficient (Wildman–Crippen LogP) is 6.59. The summed E-state index contributed by atoms with van der Waals surface area (Å²) in [5.41, 5.74) is 3.44. The number of aromatic nitrogens is 1. The lowest BCUT2D eigenvalue weighted by Crippen LogP contribution is -1.94. The molecule has 0 saturated heterocycles. The maximum Gasteiger partial charge on any atom is 0.135 e. The Bertz CT molecular complexity index is 1140. The average molecular weight is 403 g/mol. The molecule has 0 bridgehead atoms. The zero-order valence-corrected chi connectivity index (χ0v) is 16.4.